The van der Waals surface area contributed by atoms with Crippen molar-refractivity contribution >= 4 is 47.7 Å². The number of rotatable bonds is 3. The molecular weight excluding hydrogens is 396 g/mol. The average Bonchev–Trinajstić information content (AvgIpc) is 2.27. The van der Waals surface area contributed by atoms with Crippen LogP contribution in [0.25, 0.3) is 0 Å². The third-order valence-electron chi connectivity index (χ3n) is 2.34. The zero-order chi connectivity index (χ0) is 14.0. The van der Waals surface area contributed by atoms with Crippen LogP contribution in [0.2, 0.25) is 0 Å². The highest BCUT2D eigenvalue weighted by atomic mass is 79.9. The van der Waals surface area contributed by atoms with Gasteiger partial charge in [-0.25, -0.2) is 13.4 Å². The van der Waals surface area contributed by atoms with Crippen molar-refractivity contribution in [2.45, 2.75) is 11.8 Å². The Kier molecular flexibility index (Phi) is 4.27. The number of hydrogen-bond acceptors (Lipinski definition) is 3. The molecule has 1 N–H and O–H groups in total. The molecule has 0 saturated carbocycles. The van der Waals surface area contributed by atoms with Crippen molar-refractivity contribution in [3.63, 3.8) is 0 Å². The van der Waals surface area contributed by atoms with Gasteiger partial charge in [0.1, 0.15) is 10.7 Å². The van der Waals surface area contributed by atoms with Crippen LogP contribution in [0.4, 0.5) is 5.82 Å². The van der Waals surface area contributed by atoms with Crippen LogP contribution in [0.3, 0.4) is 0 Å². The van der Waals surface area contributed by atoms with Gasteiger partial charge >= 0.3 is 0 Å². The molecule has 0 spiro atoms. The molecule has 0 aliphatic carbocycles. The fraction of sp³-hybridized carbons (Fsp3) is 0.0833. The van der Waals surface area contributed by atoms with E-state index in [1.165, 1.54) is 6.07 Å². The molecular formula is C12H10Br2N2O2S. The third-order valence-corrected chi connectivity index (χ3v) is 5.16. The van der Waals surface area contributed by atoms with Crippen LogP contribution >= 0.6 is 31.9 Å². The summed E-state index contributed by atoms with van der Waals surface area (Å²) >= 11 is 6.52. The summed E-state index contributed by atoms with van der Waals surface area (Å²) < 4.78 is 28.2. The van der Waals surface area contributed by atoms with Gasteiger partial charge in [0.15, 0.2) is 0 Å². The van der Waals surface area contributed by atoms with Crippen LogP contribution in [-0.2, 0) is 10.0 Å². The van der Waals surface area contributed by atoms with Gasteiger partial charge < -0.3 is 0 Å². The van der Waals surface area contributed by atoms with Gasteiger partial charge in [0.05, 0.1) is 0 Å². The van der Waals surface area contributed by atoms with Gasteiger partial charge in [0, 0.05) is 15.1 Å². The van der Waals surface area contributed by atoms with Gasteiger partial charge in [-0.05, 0) is 58.7 Å². The Morgan fingerprint density at radius 2 is 1.89 bits per heavy atom. The molecule has 0 atom stereocenters. The molecule has 0 saturated heterocycles. The van der Waals surface area contributed by atoms with E-state index in [9.17, 15) is 8.42 Å². The van der Waals surface area contributed by atoms with E-state index in [4.69, 9.17) is 0 Å². The predicted octanol–water partition coefficient (Wildman–Crippen LogP) is 3.72. The van der Waals surface area contributed by atoms with Crippen LogP contribution in [-0.4, -0.2) is 13.4 Å². The first-order valence-electron chi connectivity index (χ1n) is 5.29. The normalized spacial score (nSPS) is 11.3. The van der Waals surface area contributed by atoms with E-state index in [0.29, 0.717) is 10.3 Å². The highest BCUT2D eigenvalue weighted by Crippen LogP contribution is 2.27. The van der Waals surface area contributed by atoms with Gasteiger partial charge in [0.2, 0.25) is 0 Å². The average molecular weight is 406 g/mol. The standard InChI is InChI=1S/C12H10Br2N2O2S/c1-8-4-5-15-12(6-8)16-19(17,18)11-3-2-9(13)7-10(11)14/h2-7H,1H3,(H,15,16). The maximum atomic E-state index is 12.2. The minimum absolute atomic E-state index is 0.166. The summed E-state index contributed by atoms with van der Waals surface area (Å²) in [5, 5.41) is 0. The molecule has 1 aromatic heterocycles. The van der Waals surface area contributed by atoms with E-state index in [1.807, 2.05) is 6.92 Å². The Bertz CT molecular complexity index is 717. The molecule has 0 unspecified atom stereocenters. The second kappa shape index (κ2) is 5.60. The molecule has 0 fully saturated rings. The van der Waals surface area contributed by atoms with Gasteiger partial charge in [-0.2, -0.15) is 0 Å². The Hall–Kier alpha value is -0.920. The van der Waals surface area contributed by atoms with E-state index in [2.05, 4.69) is 41.6 Å². The molecule has 0 amide bonds. The number of aryl methyl sites for hydroxylation is 1. The Morgan fingerprint density at radius 1 is 1.16 bits per heavy atom. The van der Waals surface area contributed by atoms with Crippen LogP contribution < -0.4 is 4.72 Å². The number of halogens is 2. The predicted molar refractivity (Wildman–Crippen MR) is 81.6 cm³/mol. The fourth-order valence-electron chi connectivity index (χ4n) is 1.48. The zero-order valence-electron chi connectivity index (χ0n) is 9.89. The number of aromatic nitrogens is 1. The summed E-state index contributed by atoms with van der Waals surface area (Å²) in [6, 6.07) is 8.34. The Morgan fingerprint density at radius 3 is 2.53 bits per heavy atom. The van der Waals surface area contributed by atoms with Crippen molar-refractivity contribution in [2.24, 2.45) is 0 Å². The minimum atomic E-state index is -3.66. The van der Waals surface area contributed by atoms with Crippen LogP contribution in [0.15, 0.2) is 50.4 Å². The van der Waals surface area contributed by atoms with E-state index < -0.39 is 10.0 Å². The molecule has 4 nitrogen and oxygen atoms in total. The second-order valence-electron chi connectivity index (χ2n) is 3.90. The minimum Gasteiger partial charge on any atom is -0.263 e. The van der Waals surface area contributed by atoms with Gasteiger partial charge in [-0.3, -0.25) is 4.72 Å². The second-order valence-corrected chi connectivity index (χ2v) is 7.32. The molecule has 0 bridgehead atoms. The summed E-state index contributed by atoms with van der Waals surface area (Å²) in [7, 11) is -3.66. The molecule has 0 aliphatic heterocycles. The third kappa shape index (κ3) is 3.55. The number of benzene rings is 1. The first kappa shape index (κ1) is 14.5. The summed E-state index contributed by atoms with van der Waals surface area (Å²) in [6.07, 6.45) is 1.56. The molecule has 1 aromatic carbocycles. The number of pyridine rings is 1. The molecule has 1 heterocycles. The summed E-state index contributed by atoms with van der Waals surface area (Å²) in [4.78, 5) is 4.15. The molecule has 0 radical (unpaired) electrons. The SMILES string of the molecule is Cc1ccnc(NS(=O)(=O)c2ccc(Br)cc2Br)c1. The number of nitrogens with zero attached hydrogens (tertiary/aromatic N) is 1. The van der Waals surface area contributed by atoms with Crippen LogP contribution in [0, 0.1) is 6.92 Å². The highest BCUT2D eigenvalue weighted by Gasteiger charge is 2.18. The number of sulfonamides is 1. The van der Waals surface area contributed by atoms with Crippen molar-refractivity contribution in [3.05, 3.63) is 51.0 Å². The molecule has 2 aromatic rings. The number of anilines is 1. The largest absolute Gasteiger partial charge is 0.264 e. The molecule has 19 heavy (non-hydrogen) atoms. The van der Waals surface area contributed by atoms with Crippen LogP contribution in [0.5, 0.6) is 0 Å². The fourth-order valence-corrected chi connectivity index (χ4v) is 4.22. The van der Waals surface area contributed by atoms with Crippen LogP contribution in [0.1, 0.15) is 5.56 Å². The first-order valence-corrected chi connectivity index (χ1v) is 8.36. The lowest BCUT2D eigenvalue weighted by atomic mass is 10.3. The molecule has 0 aliphatic rings. The lowest BCUT2D eigenvalue weighted by Gasteiger charge is -2.09. The Labute approximate surface area is 128 Å². The van der Waals surface area contributed by atoms with Gasteiger partial charge in [0.25, 0.3) is 10.0 Å². The smallest absolute Gasteiger partial charge is 0.263 e. The van der Waals surface area contributed by atoms with Crippen molar-refractivity contribution in [1.82, 2.24) is 4.98 Å². The topological polar surface area (TPSA) is 59.1 Å². The molecule has 2 rings (SSSR count). The quantitative estimate of drug-likeness (QED) is 0.846. The van der Waals surface area contributed by atoms with Gasteiger partial charge in [-0.1, -0.05) is 15.9 Å². The number of hydrogen-bond donors (Lipinski definition) is 1. The van der Waals surface area contributed by atoms with Crippen molar-refractivity contribution in [1.29, 1.82) is 0 Å². The van der Waals surface area contributed by atoms with E-state index >= 15 is 0 Å². The van der Waals surface area contributed by atoms with Crippen molar-refractivity contribution in [3.8, 4) is 0 Å². The summed E-state index contributed by atoms with van der Waals surface area (Å²) in [5.74, 6) is 0.301. The highest BCUT2D eigenvalue weighted by molar-refractivity contribution is 9.11. The van der Waals surface area contributed by atoms with Gasteiger partial charge in [-0.15, -0.1) is 0 Å². The lowest BCUT2D eigenvalue weighted by molar-refractivity contribution is 0.600. The maximum absolute atomic E-state index is 12.2. The van der Waals surface area contributed by atoms with Crippen molar-refractivity contribution in [2.75, 3.05) is 4.72 Å². The Balaban J connectivity index is 2.38. The van der Waals surface area contributed by atoms with E-state index in [-0.39, 0.29) is 4.90 Å². The lowest BCUT2D eigenvalue weighted by Crippen LogP contribution is -2.14. The van der Waals surface area contributed by atoms with E-state index in [1.54, 1.807) is 30.5 Å². The maximum Gasteiger partial charge on any atom is 0.264 e. The summed E-state index contributed by atoms with van der Waals surface area (Å²) in [6.45, 7) is 1.87. The zero-order valence-corrected chi connectivity index (χ0v) is 13.9. The summed E-state index contributed by atoms with van der Waals surface area (Å²) in [5.41, 5.74) is 0.933. The van der Waals surface area contributed by atoms with E-state index in [0.717, 1.165) is 10.0 Å². The first-order chi connectivity index (χ1) is 8.88. The number of nitrogens with one attached hydrogen (secondary N) is 1. The molecule has 100 valence electrons. The molecule has 7 heteroatoms. The van der Waals surface area contributed by atoms with Crippen molar-refractivity contribution < 1.29 is 8.42 Å². The monoisotopic (exact) mass is 404 g/mol.